The van der Waals surface area contributed by atoms with Gasteiger partial charge in [0.2, 0.25) is 0 Å². The molecule has 118 valence electrons. The quantitative estimate of drug-likeness (QED) is 0.884. The zero-order valence-electron chi connectivity index (χ0n) is 13.0. The fourth-order valence-corrected chi connectivity index (χ4v) is 3.59. The minimum absolute atomic E-state index is 0.218. The SMILES string of the molecule is Cc1cc(=O)n(CCN(Cc2sccc2C)C2CC2)c(=O)[nH]1. The third-order valence-corrected chi connectivity index (χ3v) is 5.15. The molecule has 1 N–H and O–H groups in total. The van der Waals surface area contributed by atoms with Crippen LogP contribution >= 0.6 is 11.3 Å². The number of rotatable bonds is 6. The van der Waals surface area contributed by atoms with Gasteiger partial charge >= 0.3 is 5.69 Å². The van der Waals surface area contributed by atoms with E-state index in [1.165, 1.54) is 33.9 Å². The molecular weight excluding hydrogens is 298 g/mol. The highest BCUT2D eigenvalue weighted by Crippen LogP contribution is 2.29. The molecule has 0 atom stereocenters. The molecule has 22 heavy (non-hydrogen) atoms. The minimum Gasteiger partial charge on any atom is -0.311 e. The number of nitrogens with one attached hydrogen (secondary N) is 1. The summed E-state index contributed by atoms with van der Waals surface area (Å²) >= 11 is 1.77. The Balaban J connectivity index is 1.72. The van der Waals surface area contributed by atoms with E-state index in [0.29, 0.717) is 18.3 Å². The molecule has 0 unspecified atom stereocenters. The molecule has 1 aliphatic carbocycles. The van der Waals surface area contributed by atoms with E-state index in [1.54, 1.807) is 18.3 Å². The molecule has 0 amide bonds. The van der Waals surface area contributed by atoms with Gasteiger partial charge in [-0.3, -0.25) is 14.3 Å². The molecule has 0 spiro atoms. The van der Waals surface area contributed by atoms with Crippen LogP contribution in [0.2, 0.25) is 0 Å². The summed E-state index contributed by atoms with van der Waals surface area (Å²) in [5, 5.41) is 2.12. The monoisotopic (exact) mass is 319 g/mol. The lowest BCUT2D eigenvalue weighted by molar-refractivity contribution is 0.243. The molecule has 2 aromatic heterocycles. The second-order valence-electron chi connectivity index (χ2n) is 5.98. The molecule has 0 bridgehead atoms. The fourth-order valence-electron chi connectivity index (χ4n) is 2.66. The summed E-state index contributed by atoms with van der Waals surface area (Å²) in [5.74, 6) is 0. The number of nitrogens with zero attached hydrogens (tertiary/aromatic N) is 2. The number of hydrogen-bond acceptors (Lipinski definition) is 4. The Hall–Kier alpha value is -1.66. The lowest BCUT2D eigenvalue weighted by atomic mass is 10.2. The maximum atomic E-state index is 12.0. The molecule has 3 rings (SSSR count). The van der Waals surface area contributed by atoms with Crippen LogP contribution in [0.1, 0.15) is 29.0 Å². The Kier molecular flexibility index (Phi) is 4.31. The van der Waals surface area contributed by atoms with E-state index >= 15 is 0 Å². The number of thiophene rings is 1. The van der Waals surface area contributed by atoms with Crippen molar-refractivity contribution in [3.8, 4) is 0 Å². The largest absolute Gasteiger partial charge is 0.328 e. The van der Waals surface area contributed by atoms with Crippen LogP contribution in [0.3, 0.4) is 0 Å². The van der Waals surface area contributed by atoms with Gasteiger partial charge in [-0.25, -0.2) is 4.79 Å². The molecule has 0 aliphatic heterocycles. The molecule has 1 aliphatic rings. The van der Waals surface area contributed by atoms with Crippen molar-refractivity contribution >= 4 is 11.3 Å². The predicted molar refractivity (Wildman–Crippen MR) is 88.5 cm³/mol. The number of aryl methyl sites for hydroxylation is 2. The average Bonchev–Trinajstić information content (AvgIpc) is 3.21. The number of H-pyrrole nitrogens is 1. The zero-order valence-corrected chi connectivity index (χ0v) is 13.8. The zero-order chi connectivity index (χ0) is 15.7. The van der Waals surface area contributed by atoms with Crippen LogP contribution in [-0.4, -0.2) is 27.0 Å². The summed E-state index contributed by atoms with van der Waals surface area (Å²) in [6.45, 7) is 5.94. The van der Waals surface area contributed by atoms with Gasteiger partial charge in [-0.1, -0.05) is 0 Å². The van der Waals surface area contributed by atoms with E-state index in [0.717, 1.165) is 13.1 Å². The molecule has 1 fully saturated rings. The number of aromatic nitrogens is 2. The van der Waals surface area contributed by atoms with Crippen LogP contribution in [0.15, 0.2) is 27.1 Å². The first-order valence-corrected chi connectivity index (χ1v) is 8.50. The van der Waals surface area contributed by atoms with Crippen LogP contribution in [0, 0.1) is 13.8 Å². The molecule has 2 heterocycles. The summed E-state index contributed by atoms with van der Waals surface area (Å²) in [6, 6.07) is 4.22. The van der Waals surface area contributed by atoms with Crippen molar-refractivity contribution in [3.63, 3.8) is 0 Å². The molecule has 0 radical (unpaired) electrons. The summed E-state index contributed by atoms with van der Waals surface area (Å²) in [5.41, 5.74) is 1.40. The second-order valence-corrected chi connectivity index (χ2v) is 6.98. The molecule has 6 heteroatoms. The Morgan fingerprint density at radius 2 is 2.14 bits per heavy atom. The van der Waals surface area contributed by atoms with Gasteiger partial charge in [0.25, 0.3) is 5.56 Å². The van der Waals surface area contributed by atoms with E-state index < -0.39 is 0 Å². The Bertz CT molecular complexity index is 739. The van der Waals surface area contributed by atoms with Crippen molar-refractivity contribution in [3.05, 3.63) is 54.5 Å². The first-order chi connectivity index (χ1) is 10.5. The Morgan fingerprint density at radius 3 is 2.73 bits per heavy atom. The van der Waals surface area contributed by atoms with Crippen LogP contribution in [0.4, 0.5) is 0 Å². The van der Waals surface area contributed by atoms with Crippen molar-refractivity contribution in [1.82, 2.24) is 14.5 Å². The van der Waals surface area contributed by atoms with Crippen LogP contribution < -0.4 is 11.2 Å². The molecule has 5 nitrogen and oxygen atoms in total. The van der Waals surface area contributed by atoms with Crippen molar-refractivity contribution in [1.29, 1.82) is 0 Å². The van der Waals surface area contributed by atoms with Gasteiger partial charge in [0, 0.05) is 42.3 Å². The maximum absolute atomic E-state index is 12.0. The van der Waals surface area contributed by atoms with Gasteiger partial charge in [0.05, 0.1) is 0 Å². The van der Waals surface area contributed by atoms with E-state index in [4.69, 9.17) is 0 Å². The average molecular weight is 319 g/mol. The van der Waals surface area contributed by atoms with Crippen molar-refractivity contribution in [2.45, 2.75) is 45.8 Å². The molecule has 2 aromatic rings. The van der Waals surface area contributed by atoms with Crippen molar-refractivity contribution < 1.29 is 0 Å². The molecule has 0 saturated heterocycles. The van der Waals surface area contributed by atoms with Crippen LogP contribution in [-0.2, 0) is 13.1 Å². The molecule has 1 saturated carbocycles. The number of hydrogen-bond donors (Lipinski definition) is 1. The number of aromatic amines is 1. The minimum atomic E-state index is -0.312. The lowest BCUT2D eigenvalue weighted by Crippen LogP contribution is -2.39. The normalized spacial score (nSPS) is 14.7. The smallest absolute Gasteiger partial charge is 0.311 e. The summed E-state index contributed by atoms with van der Waals surface area (Å²) in [6.07, 6.45) is 2.42. The fraction of sp³-hybridized carbons (Fsp3) is 0.500. The van der Waals surface area contributed by atoms with Gasteiger partial charge in [-0.05, 0) is 43.7 Å². The highest BCUT2D eigenvalue weighted by Gasteiger charge is 2.29. The third kappa shape index (κ3) is 3.39. The van der Waals surface area contributed by atoms with Crippen LogP contribution in [0.25, 0.3) is 0 Å². The van der Waals surface area contributed by atoms with E-state index in [1.807, 2.05) is 0 Å². The first kappa shape index (κ1) is 15.2. The summed E-state index contributed by atoms with van der Waals surface area (Å²) in [7, 11) is 0. The third-order valence-electron chi connectivity index (χ3n) is 4.14. The molecular formula is C16H21N3O2S. The Labute approximate surface area is 133 Å². The van der Waals surface area contributed by atoms with Gasteiger partial charge in [0.15, 0.2) is 0 Å². The lowest BCUT2D eigenvalue weighted by Gasteiger charge is -2.22. The molecule has 0 aromatic carbocycles. The van der Waals surface area contributed by atoms with Gasteiger partial charge in [-0.2, -0.15) is 0 Å². The highest BCUT2D eigenvalue weighted by molar-refractivity contribution is 7.10. The van der Waals surface area contributed by atoms with Crippen molar-refractivity contribution in [2.24, 2.45) is 0 Å². The topological polar surface area (TPSA) is 58.1 Å². The van der Waals surface area contributed by atoms with E-state index in [9.17, 15) is 9.59 Å². The maximum Gasteiger partial charge on any atom is 0.328 e. The second kappa shape index (κ2) is 6.22. The highest BCUT2D eigenvalue weighted by atomic mass is 32.1. The van der Waals surface area contributed by atoms with Gasteiger partial charge in [-0.15, -0.1) is 11.3 Å². The van der Waals surface area contributed by atoms with E-state index in [-0.39, 0.29) is 11.2 Å². The Morgan fingerprint density at radius 1 is 1.36 bits per heavy atom. The predicted octanol–water partition coefficient (Wildman–Crippen LogP) is 1.88. The summed E-state index contributed by atoms with van der Waals surface area (Å²) < 4.78 is 1.30. The van der Waals surface area contributed by atoms with E-state index in [2.05, 4.69) is 28.3 Å². The first-order valence-electron chi connectivity index (χ1n) is 7.62. The summed E-state index contributed by atoms with van der Waals surface area (Å²) in [4.78, 5) is 30.3. The van der Waals surface area contributed by atoms with Gasteiger partial charge in [0.1, 0.15) is 0 Å². The standard InChI is InChI=1S/C16H21N3O2S/c1-11-5-8-22-14(11)10-18(13-3-4-13)6-7-19-15(20)9-12(2)17-16(19)21/h5,8-9,13H,3-4,6-7,10H2,1-2H3,(H,17,21). The van der Waals surface area contributed by atoms with Crippen LogP contribution in [0.5, 0.6) is 0 Å². The van der Waals surface area contributed by atoms with Gasteiger partial charge < -0.3 is 4.98 Å². The van der Waals surface area contributed by atoms with Crippen molar-refractivity contribution in [2.75, 3.05) is 6.54 Å².